The molecule has 38 heavy (non-hydrogen) atoms. The maximum atomic E-state index is 5.24. The molecule has 8 bridgehead atoms. The minimum absolute atomic E-state index is 0.951. The Bertz CT molecular complexity index is 2010. The Hall–Kier alpha value is -4.67. The van der Waals surface area contributed by atoms with Gasteiger partial charge in [0.2, 0.25) is 0 Å². The average molecular weight is 504 g/mol. The molecule has 4 heteroatoms. The topological polar surface area (TPSA) is 41.6 Å². The molecule has 8 rings (SSSR count). The maximum absolute atomic E-state index is 5.24. The third kappa shape index (κ3) is 3.46. The fourth-order valence-electron chi connectivity index (χ4n) is 5.45. The zero-order valence-corrected chi connectivity index (χ0v) is 21.2. The summed E-state index contributed by atoms with van der Waals surface area (Å²) in [5.41, 5.74) is 10.7. The summed E-state index contributed by atoms with van der Waals surface area (Å²) in [5, 5.41) is 3.35. The zero-order valence-electron chi connectivity index (χ0n) is 20.3. The molecule has 4 heterocycles. The number of nitrogens with one attached hydrogen (secondary N) is 1. The van der Waals surface area contributed by atoms with E-state index in [1.165, 1.54) is 16.3 Å². The Kier molecular flexibility index (Phi) is 4.76. The number of rotatable bonds is 1. The van der Waals surface area contributed by atoms with E-state index in [0.29, 0.717) is 0 Å². The van der Waals surface area contributed by atoms with Gasteiger partial charge in [-0.3, -0.25) is 0 Å². The number of benzene rings is 4. The van der Waals surface area contributed by atoms with Crippen LogP contribution in [-0.4, -0.2) is 15.0 Å². The molecule has 0 fully saturated rings. The van der Waals surface area contributed by atoms with Crippen LogP contribution in [0.4, 0.5) is 0 Å². The van der Waals surface area contributed by atoms with Crippen LogP contribution in [-0.2, 0) is 0 Å². The summed E-state index contributed by atoms with van der Waals surface area (Å²) in [6.07, 6.45) is 0. The first kappa shape index (κ1) is 21.4. The van der Waals surface area contributed by atoms with Gasteiger partial charge in [0.05, 0.1) is 28.1 Å². The fraction of sp³-hybridized carbons (Fsp3) is 0. The quantitative estimate of drug-likeness (QED) is 0.243. The first-order valence-corrected chi connectivity index (χ1v) is 13.5. The first-order valence-electron chi connectivity index (χ1n) is 12.7. The average Bonchev–Trinajstić information content (AvgIpc) is 3.36. The maximum Gasteiger partial charge on any atom is 0.101 e. The van der Waals surface area contributed by atoms with Crippen molar-refractivity contribution in [3.05, 3.63) is 121 Å². The van der Waals surface area contributed by atoms with Gasteiger partial charge in [0.1, 0.15) is 5.03 Å². The van der Waals surface area contributed by atoms with E-state index >= 15 is 0 Å². The van der Waals surface area contributed by atoms with E-state index in [-0.39, 0.29) is 0 Å². The Morgan fingerprint density at radius 3 is 1.97 bits per heavy atom. The first-order chi connectivity index (χ1) is 18.8. The summed E-state index contributed by atoms with van der Waals surface area (Å²) in [4.78, 5) is 15.2. The smallest absolute Gasteiger partial charge is 0.101 e. The number of hydrogen-bond acceptors (Lipinski definition) is 3. The summed E-state index contributed by atoms with van der Waals surface area (Å²) in [5.74, 6) is 0. The van der Waals surface area contributed by atoms with Gasteiger partial charge in [-0.1, -0.05) is 96.7 Å². The second-order valence-corrected chi connectivity index (χ2v) is 10.7. The number of hydrogen-bond donors (Lipinski definition) is 1. The molecule has 1 N–H and O–H groups in total. The van der Waals surface area contributed by atoms with Crippen molar-refractivity contribution in [1.29, 1.82) is 0 Å². The van der Waals surface area contributed by atoms with E-state index in [0.717, 1.165) is 60.3 Å². The summed E-state index contributed by atoms with van der Waals surface area (Å²) in [7, 11) is 0. The molecule has 1 aliphatic rings. The third-order valence-corrected chi connectivity index (χ3v) is 8.16. The van der Waals surface area contributed by atoms with Gasteiger partial charge in [0, 0.05) is 32.4 Å². The molecule has 0 atom stereocenters. The van der Waals surface area contributed by atoms with E-state index in [1.54, 1.807) is 11.8 Å². The number of aromatic amines is 1. The van der Waals surface area contributed by atoms with E-state index in [4.69, 9.17) is 9.97 Å². The van der Waals surface area contributed by atoms with Crippen LogP contribution in [0.15, 0.2) is 131 Å². The summed E-state index contributed by atoms with van der Waals surface area (Å²) in [6, 6.07) is 42.8. The number of H-pyrrole nitrogens is 1. The number of nitrogens with zero attached hydrogens (tertiary/aromatic N) is 2. The number of aromatic nitrogens is 3. The third-order valence-electron chi connectivity index (χ3n) is 7.23. The van der Waals surface area contributed by atoms with Crippen molar-refractivity contribution in [2.24, 2.45) is 0 Å². The van der Waals surface area contributed by atoms with Crippen LogP contribution in [0.25, 0.3) is 66.7 Å². The lowest BCUT2D eigenvalue weighted by Crippen LogP contribution is -1.92. The minimum atomic E-state index is 0.951. The normalized spacial score (nSPS) is 12.1. The lowest BCUT2D eigenvalue weighted by Gasteiger charge is -2.12. The molecule has 0 amide bonds. The van der Waals surface area contributed by atoms with E-state index in [2.05, 4.69) is 126 Å². The lowest BCUT2D eigenvalue weighted by molar-refractivity contribution is 1.14. The minimum Gasteiger partial charge on any atom is -0.353 e. The molecule has 0 spiro atoms. The second-order valence-electron chi connectivity index (χ2n) is 9.56. The highest BCUT2D eigenvalue weighted by Crippen LogP contribution is 2.39. The Labute approximate surface area is 224 Å². The van der Waals surface area contributed by atoms with Gasteiger partial charge in [-0.2, -0.15) is 0 Å². The summed E-state index contributed by atoms with van der Waals surface area (Å²) < 4.78 is 0. The molecule has 3 nitrogen and oxygen atoms in total. The predicted molar refractivity (Wildman–Crippen MR) is 157 cm³/mol. The predicted octanol–water partition coefficient (Wildman–Crippen LogP) is 9.24. The molecule has 7 aromatic rings. The number of para-hydroxylation sites is 2. The summed E-state index contributed by atoms with van der Waals surface area (Å²) in [6.45, 7) is 0. The largest absolute Gasteiger partial charge is 0.353 e. The van der Waals surface area contributed by atoms with Gasteiger partial charge in [-0.05, 0) is 47.5 Å². The van der Waals surface area contributed by atoms with Crippen molar-refractivity contribution in [2.45, 2.75) is 9.92 Å². The Balaban J connectivity index is 1.50. The van der Waals surface area contributed by atoms with E-state index in [9.17, 15) is 0 Å². The highest BCUT2D eigenvalue weighted by molar-refractivity contribution is 7.99. The fourth-order valence-corrected chi connectivity index (χ4v) is 6.31. The molecule has 4 aromatic carbocycles. The van der Waals surface area contributed by atoms with Crippen LogP contribution >= 0.6 is 11.8 Å². The van der Waals surface area contributed by atoms with Crippen LogP contribution in [0.5, 0.6) is 0 Å². The molecule has 0 aliphatic carbocycles. The highest BCUT2D eigenvalue weighted by Gasteiger charge is 2.17. The molecular weight excluding hydrogens is 482 g/mol. The second kappa shape index (κ2) is 8.44. The Morgan fingerprint density at radius 2 is 1.16 bits per heavy atom. The van der Waals surface area contributed by atoms with Crippen molar-refractivity contribution in [1.82, 2.24) is 15.0 Å². The van der Waals surface area contributed by atoms with Crippen molar-refractivity contribution >= 4 is 33.6 Å². The van der Waals surface area contributed by atoms with Gasteiger partial charge >= 0.3 is 0 Å². The Morgan fingerprint density at radius 1 is 0.474 bits per heavy atom. The van der Waals surface area contributed by atoms with E-state index < -0.39 is 0 Å². The lowest BCUT2D eigenvalue weighted by atomic mass is 9.99. The molecule has 0 saturated carbocycles. The van der Waals surface area contributed by atoms with Gasteiger partial charge in [-0.15, -0.1) is 0 Å². The van der Waals surface area contributed by atoms with Crippen LogP contribution in [0.1, 0.15) is 0 Å². The van der Waals surface area contributed by atoms with E-state index in [1.807, 2.05) is 0 Å². The van der Waals surface area contributed by atoms with Gasteiger partial charge in [-0.25, -0.2) is 9.97 Å². The highest BCUT2D eigenvalue weighted by atomic mass is 32.2. The summed E-state index contributed by atoms with van der Waals surface area (Å²) >= 11 is 1.68. The van der Waals surface area contributed by atoms with Gasteiger partial charge in [0.15, 0.2) is 0 Å². The molecule has 1 aliphatic heterocycles. The molecular formula is C34H21N3S. The van der Waals surface area contributed by atoms with Gasteiger partial charge < -0.3 is 4.98 Å². The molecule has 0 saturated heterocycles. The van der Waals surface area contributed by atoms with Gasteiger partial charge in [0.25, 0.3) is 0 Å². The SMILES string of the molecule is c1ccc(-c2cc3nc(c2)-c2cccc4c2[nH]c2c(cccc24)-c2cccc(n2)Sc2cccc-3c2)cc1. The standard InChI is InChI=1S/C34H21N3S/c1-2-8-21(9-3-1)23-19-30-22-10-4-11-24(18-22)38-32-17-7-16-29(36-32)27-14-5-12-25-26-13-6-15-28(31(20-23)35-30)34(26)37-33(25)27/h1-20,37H. The molecule has 0 radical (unpaired) electrons. The van der Waals surface area contributed by atoms with Crippen LogP contribution < -0.4 is 0 Å². The van der Waals surface area contributed by atoms with Crippen LogP contribution in [0.3, 0.4) is 0 Å². The zero-order chi connectivity index (χ0) is 25.1. The van der Waals surface area contributed by atoms with Crippen LogP contribution in [0.2, 0.25) is 0 Å². The van der Waals surface area contributed by atoms with Crippen molar-refractivity contribution in [2.75, 3.05) is 0 Å². The molecule has 178 valence electrons. The monoisotopic (exact) mass is 503 g/mol. The van der Waals surface area contributed by atoms with Crippen LogP contribution in [0, 0.1) is 0 Å². The number of pyridine rings is 2. The number of fused-ring (bicyclic) bond motifs is 10. The molecule has 3 aromatic heterocycles. The molecule has 0 unspecified atom stereocenters. The van der Waals surface area contributed by atoms with Crippen molar-refractivity contribution < 1.29 is 0 Å². The van der Waals surface area contributed by atoms with Crippen molar-refractivity contribution in [3.63, 3.8) is 0 Å². The van der Waals surface area contributed by atoms with Crippen molar-refractivity contribution in [3.8, 4) is 44.9 Å².